The molecule has 2 fully saturated rings. The number of pyridine rings is 1. The van der Waals surface area contributed by atoms with Gasteiger partial charge in [0.15, 0.2) is 6.61 Å². The Hall–Kier alpha value is -2.15. The molecule has 0 spiro atoms. The first-order valence-corrected chi connectivity index (χ1v) is 8.39. The van der Waals surface area contributed by atoms with E-state index in [1.807, 2.05) is 11.8 Å². The van der Waals surface area contributed by atoms with Gasteiger partial charge in [0.2, 0.25) is 0 Å². The number of ether oxygens (including phenoxy) is 2. The third kappa shape index (κ3) is 4.23. The van der Waals surface area contributed by atoms with Gasteiger partial charge in [0, 0.05) is 25.3 Å². The average Bonchev–Trinajstić information content (AvgIpc) is 3.45. The Morgan fingerprint density at radius 3 is 2.88 bits per heavy atom. The van der Waals surface area contributed by atoms with Gasteiger partial charge in [0.05, 0.1) is 13.2 Å². The average molecular weight is 333 g/mol. The van der Waals surface area contributed by atoms with E-state index < -0.39 is 5.97 Å². The summed E-state index contributed by atoms with van der Waals surface area (Å²) in [5.41, 5.74) is 0.377. The molecule has 1 aromatic rings. The molecule has 1 unspecified atom stereocenters. The fraction of sp³-hybridized carbons (Fsp3) is 0.588. The minimum absolute atomic E-state index is 0.138. The second kappa shape index (κ2) is 7.61. The highest BCUT2D eigenvalue weighted by Crippen LogP contribution is 2.32. The number of hydrogen-bond donors (Lipinski definition) is 1. The molecule has 2 heterocycles. The highest BCUT2D eigenvalue weighted by molar-refractivity contribution is 5.96. The van der Waals surface area contributed by atoms with Gasteiger partial charge >= 0.3 is 5.97 Å². The van der Waals surface area contributed by atoms with Crippen molar-refractivity contribution in [3.05, 3.63) is 23.9 Å². The first kappa shape index (κ1) is 16.7. The van der Waals surface area contributed by atoms with E-state index in [4.69, 9.17) is 9.47 Å². The molecular formula is C17H23N3O4. The Morgan fingerprint density at radius 2 is 2.17 bits per heavy atom. The van der Waals surface area contributed by atoms with Gasteiger partial charge in [0.25, 0.3) is 5.91 Å². The Bertz CT molecular complexity index is 597. The Labute approximate surface area is 141 Å². The third-order valence-corrected chi connectivity index (χ3v) is 4.37. The lowest BCUT2D eigenvalue weighted by atomic mass is 10.2. The summed E-state index contributed by atoms with van der Waals surface area (Å²) in [5, 5.41) is 2.87. The lowest BCUT2D eigenvalue weighted by Crippen LogP contribution is -2.38. The first-order valence-electron chi connectivity index (χ1n) is 8.39. The second-order valence-electron chi connectivity index (χ2n) is 6.24. The van der Waals surface area contributed by atoms with Crippen molar-refractivity contribution in [3.63, 3.8) is 0 Å². The van der Waals surface area contributed by atoms with Crippen LogP contribution in [0.3, 0.4) is 0 Å². The van der Waals surface area contributed by atoms with Crippen molar-refractivity contribution >= 4 is 17.7 Å². The van der Waals surface area contributed by atoms with Crippen LogP contribution in [0.1, 0.15) is 30.1 Å². The number of amides is 1. The van der Waals surface area contributed by atoms with Crippen molar-refractivity contribution in [1.29, 1.82) is 0 Å². The second-order valence-corrected chi connectivity index (χ2v) is 6.24. The molecule has 1 aliphatic carbocycles. The molecule has 1 amide bonds. The van der Waals surface area contributed by atoms with E-state index in [9.17, 15) is 9.59 Å². The molecule has 1 aliphatic heterocycles. The van der Waals surface area contributed by atoms with Crippen LogP contribution >= 0.6 is 0 Å². The van der Waals surface area contributed by atoms with Gasteiger partial charge in [0.1, 0.15) is 11.4 Å². The van der Waals surface area contributed by atoms with E-state index in [0.717, 1.165) is 12.8 Å². The number of carbonyl (C=O) groups excluding carboxylic acids is 2. The van der Waals surface area contributed by atoms with Gasteiger partial charge in [-0.3, -0.25) is 4.79 Å². The summed E-state index contributed by atoms with van der Waals surface area (Å²) < 4.78 is 10.5. The SMILES string of the molecule is CC(NC(=O)COC(=O)c1cccnc1N1CCOCC1)C1CC1. The number of hydrogen-bond acceptors (Lipinski definition) is 6. The Kier molecular flexibility index (Phi) is 5.30. The molecule has 1 atom stereocenters. The van der Waals surface area contributed by atoms with E-state index in [1.54, 1.807) is 18.3 Å². The van der Waals surface area contributed by atoms with E-state index in [-0.39, 0.29) is 18.6 Å². The molecule has 2 aliphatic rings. The van der Waals surface area contributed by atoms with Crippen molar-refractivity contribution in [1.82, 2.24) is 10.3 Å². The van der Waals surface area contributed by atoms with Crippen LogP contribution in [0.2, 0.25) is 0 Å². The van der Waals surface area contributed by atoms with Gasteiger partial charge in [-0.1, -0.05) is 0 Å². The van der Waals surface area contributed by atoms with Crippen molar-refractivity contribution in [2.45, 2.75) is 25.8 Å². The van der Waals surface area contributed by atoms with E-state index in [0.29, 0.717) is 43.6 Å². The summed E-state index contributed by atoms with van der Waals surface area (Å²) in [6, 6.07) is 3.50. The Balaban J connectivity index is 1.57. The number of rotatable bonds is 6. The van der Waals surface area contributed by atoms with Crippen LogP contribution in [0, 0.1) is 5.92 Å². The quantitative estimate of drug-likeness (QED) is 0.782. The molecular weight excluding hydrogens is 310 g/mol. The zero-order chi connectivity index (χ0) is 16.9. The number of morpholine rings is 1. The molecule has 0 bridgehead atoms. The molecule has 0 radical (unpaired) electrons. The maximum atomic E-state index is 12.3. The highest BCUT2D eigenvalue weighted by Gasteiger charge is 2.29. The molecule has 7 nitrogen and oxygen atoms in total. The van der Waals surface area contributed by atoms with Gasteiger partial charge in [-0.05, 0) is 37.8 Å². The van der Waals surface area contributed by atoms with Crippen molar-refractivity contribution in [3.8, 4) is 0 Å². The van der Waals surface area contributed by atoms with E-state index in [2.05, 4.69) is 10.3 Å². The van der Waals surface area contributed by atoms with Crippen molar-refractivity contribution in [2.24, 2.45) is 5.92 Å². The number of nitrogens with zero attached hydrogens (tertiary/aromatic N) is 2. The van der Waals surface area contributed by atoms with Crippen LogP contribution in [-0.2, 0) is 14.3 Å². The summed E-state index contributed by atoms with van der Waals surface area (Å²) in [7, 11) is 0. The number of carbonyl (C=O) groups is 2. The number of anilines is 1. The molecule has 0 aromatic carbocycles. The number of aromatic nitrogens is 1. The monoisotopic (exact) mass is 333 g/mol. The summed E-state index contributed by atoms with van der Waals surface area (Å²) >= 11 is 0. The largest absolute Gasteiger partial charge is 0.452 e. The van der Waals surface area contributed by atoms with Crippen LogP contribution in [0.4, 0.5) is 5.82 Å². The predicted molar refractivity (Wildman–Crippen MR) is 87.9 cm³/mol. The van der Waals surface area contributed by atoms with Crippen LogP contribution < -0.4 is 10.2 Å². The predicted octanol–water partition coefficient (Wildman–Crippen LogP) is 0.990. The van der Waals surface area contributed by atoms with Gasteiger partial charge in [-0.15, -0.1) is 0 Å². The molecule has 7 heteroatoms. The molecule has 1 saturated heterocycles. The summed E-state index contributed by atoms with van der Waals surface area (Å²) in [5.74, 6) is 0.354. The molecule has 1 saturated carbocycles. The summed E-state index contributed by atoms with van der Waals surface area (Å²) in [6.45, 7) is 4.27. The minimum Gasteiger partial charge on any atom is -0.452 e. The molecule has 130 valence electrons. The van der Waals surface area contributed by atoms with Gasteiger partial charge in [-0.2, -0.15) is 0 Å². The topological polar surface area (TPSA) is 80.8 Å². The summed E-state index contributed by atoms with van der Waals surface area (Å²) in [6.07, 6.45) is 3.95. The molecule has 1 aromatic heterocycles. The highest BCUT2D eigenvalue weighted by atomic mass is 16.5. The third-order valence-electron chi connectivity index (χ3n) is 4.37. The summed E-state index contributed by atoms with van der Waals surface area (Å²) in [4.78, 5) is 30.5. The lowest BCUT2D eigenvalue weighted by molar-refractivity contribution is -0.124. The number of nitrogens with one attached hydrogen (secondary N) is 1. The lowest BCUT2D eigenvalue weighted by Gasteiger charge is -2.28. The van der Waals surface area contributed by atoms with Crippen molar-refractivity contribution < 1.29 is 19.1 Å². The standard InChI is InChI=1S/C17H23N3O4/c1-12(13-4-5-13)19-15(21)11-24-17(22)14-3-2-6-18-16(14)20-7-9-23-10-8-20/h2-3,6,12-13H,4-5,7-11H2,1H3,(H,19,21). The van der Waals surface area contributed by atoms with E-state index >= 15 is 0 Å². The maximum absolute atomic E-state index is 12.3. The zero-order valence-electron chi connectivity index (χ0n) is 13.9. The van der Waals surface area contributed by atoms with Crippen LogP contribution in [-0.4, -0.2) is 55.8 Å². The number of esters is 1. The van der Waals surface area contributed by atoms with Gasteiger partial charge < -0.3 is 19.7 Å². The molecule has 3 rings (SSSR count). The minimum atomic E-state index is -0.529. The fourth-order valence-corrected chi connectivity index (χ4v) is 2.80. The first-order chi connectivity index (χ1) is 11.6. The van der Waals surface area contributed by atoms with Crippen LogP contribution in [0.25, 0.3) is 0 Å². The zero-order valence-corrected chi connectivity index (χ0v) is 13.9. The smallest absolute Gasteiger partial charge is 0.342 e. The fourth-order valence-electron chi connectivity index (χ4n) is 2.80. The maximum Gasteiger partial charge on any atom is 0.342 e. The van der Waals surface area contributed by atoms with Crippen molar-refractivity contribution in [2.75, 3.05) is 37.8 Å². The van der Waals surface area contributed by atoms with Crippen LogP contribution in [0.15, 0.2) is 18.3 Å². The van der Waals surface area contributed by atoms with Crippen LogP contribution in [0.5, 0.6) is 0 Å². The normalized spacial score (nSPS) is 18.8. The van der Waals surface area contributed by atoms with E-state index in [1.165, 1.54) is 0 Å². The Morgan fingerprint density at radius 1 is 1.42 bits per heavy atom. The van der Waals surface area contributed by atoms with Gasteiger partial charge in [-0.25, -0.2) is 9.78 Å². The molecule has 24 heavy (non-hydrogen) atoms. The molecule has 1 N–H and O–H groups in total.